The van der Waals surface area contributed by atoms with Gasteiger partial charge in [0.2, 0.25) is 0 Å². The first-order chi connectivity index (χ1) is 16.4. The zero-order valence-electron chi connectivity index (χ0n) is 18.7. The summed E-state index contributed by atoms with van der Waals surface area (Å²) in [5.74, 6) is -0.716. The molecule has 0 aliphatic rings. The van der Waals surface area contributed by atoms with E-state index in [1.165, 1.54) is 0 Å². The lowest BCUT2D eigenvalue weighted by atomic mass is 9.83. The number of aryl methyl sites for hydroxylation is 2. The van der Waals surface area contributed by atoms with E-state index in [0.29, 0.717) is 33.1 Å². The summed E-state index contributed by atoms with van der Waals surface area (Å²) in [7, 11) is 0. The maximum Gasteiger partial charge on any atom is 0.268 e. The predicted molar refractivity (Wildman–Crippen MR) is 136 cm³/mol. The van der Waals surface area contributed by atoms with E-state index >= 15 is 0 Å². The molecule has 5 aromatic rings. The van der Waals surface area contributed by atoms with Crippen molar-refractivity contribution in [3.8, 4) is 22.5 Å². The van der Waals surface area contributed by atoms with Crippen LogP contribution >= 0.6 is 11.6 Å². The lowest BCUT2D eigenvalue weighted by molar-refractivity contribution is 0.955. The van der Waals surface area contributed by atoms with Gasteiger partial charge in [0.25, 0.3) is 11.1 Å². The van der Waals surface area contributed by atoms with E-state index in [4.69, 9.17) is 11.6 Å². The van der Waals surface area contributed by atoms with Crippen LogP contribution in [0.15, 0.2) is 82.4 Å². The van der Waals surface area contributed by atoms with Crippen LogP contribution in [0.2, 0.25) is 5.02 Å². The molecule has 0 aliphatic carbocycles. The van der Waals surface area contributed by atoms with Crippen molar-refractivity contribution >= 4 is 11.6 Å². The second-order valence-electron chi connectivity index (χ2n) is 8.42. The Morgan fingerprint density at radius 3 is 1.50 bits per heavy atom. The Morgan fingerprint density at radius 1 is 0.618 bits per heavy atom. The molecule has 0 spiro atoms. The summed E-state index contributed by atoms with van der Waals surface area (Å²) in [6.07, 6.45) is 0. The molecule has 0 radical (unpaired) electrons. The largest absolute Gasteiger partial charge is 0.297 e. The average Bonchev–Trinajstić information content (AvgIpc) is 3.40. The average molecular weight is 471 g/mol. The Kier molecular flexibility index (Phi) is 5.59. The number of aromatic nitrogens is 4. The lowest BCUT2D eigenvalue weighted by Gasteiger charge is -2.19. The summed E-state index contributed by atoms with van der Waals surface area (Å²) in [4.78, 5) is 26.5. The number of hydrogen-bond donors (Lipinski definition) is 4. The van der Waals surface area contributed by atoms with Crippen molar-refractivity contribution in [3.05, 3.63) is 126 Å². The Labute approximate surface area is 200 Å². The number of benzene rings is 3. The fourth-order valence-electron chi connectivity index (χ4n) is 4.35. The minimum atomic E-state index is -0.716. The molecule has 0 saturated heterocycles. The topological polar surface area (TPSA) is 97.3 Å². The molecule has 2 heterocycles. The fraction of sp³-hybridized carbons (Fsp3) is 0.111. The molecule has 0 bridgehead atoms. The third-order valence-corrected chi connectivity index (χ3v) is 6.45. The van der Waals surface area contributed by atoms with Gasteiger partial charge < -0.3 is 0 Å². The van der Waals surface area contributed by atoms with Crippen LogP contribution in [0.5, 0.6) is 0 Å². The number of rotatable bonds is 5. The first-order valence-electron chi connectivity index (χ1n) is 10.9. The molecule has 3 aromatic carbocycles. The molecule has 0 unspecified atom stereocenters. The summed E-state index contributed by atoms with van der Waals surface area (Å²) >= 11 is 6.65. The van der Waals surface area contributed by atoms with Crippen LogP contribution in [-0.4, -0.2) is 20.4 Å². The minimum absolute atomic E-state index is 0.309. The molecular formula is C27H23ClN4O2. The highest BCUT2D eigenvalue weighted by atomic mass is 35.5. The van der Waals surface area contributed by atoms with Crippen LogP contribution in [0, 0.1) is 13.8 Å². The molecule has 34 heavy (non-hydrogen) atoms. The Bertz CT molecular complexity index is 1470. The van der Waals surface area contributed by atoms with Crippen molar-refractivity contribution < 1.29 is 0 Å². The number of halogens is 1. The summed E-state index contributed by atoms with van der Waals surface area (Å²) in [5, 5.41) is 12.0. The first-order valence-corrected chi connectivity index (χ1v) is 11.3. The zero-order valence-corrected chi connectivity index (χ0v) is 19.5. The van der Waals surface area contributed by atoms with Gasteiger partial charge in [-0.2, -0.15) is 0 Å². The monoisotopic (exact) mass is 470 g/mol. The van der Waals surface area contributed by atoms with E-state index < -0.39 is 5.92 Å². The van der Waals surface area contributed by atoms with Crippen molar-refractivity contribution in [1.82, 2.24) is 20.4 Å². The van der Waals surface area contributed by atoms with E-state index in [1.807, 2.05) is 80.6 Å². The number of H-pyrrole nitrogens is 4. The van der Waals surface area contributed by atoms with Gasteiger partial charge >= 0.3 is 0 Å². The third kappa shape index (κ3) is 3.82. The van der Waals surface area contributed by atoms with E-state index in [-0.39, 0.29) is 11.1 Å². The molecule has 7 heteroatoms. The van der Waals surface area contributed by atoms with Crippen LogP contribution in [0.1, 0.15) is 33.7 Å². The third-order valence-electron chi connectivity index (χ3n) is 6.10. The molecule has 4 N–H and O–H groups in total. The van der Waals surface area contributed by atoms with Crippen LogP contribution < -0.4 is 11.1 Å². The minimum Gasteiger partial charge on any atom is -0.297 e. The number of nitrogens with one attached hydrogen (secondary N) is 4. The Morgan fingerprint density at radius 2 is 1.06 bits per heavy atom. The van der Waals surface area contributed by atoms with E-state index in [2.05, 4.69) is 20.4 Å². The summed E-state index contributed by atoms with van der Waals surface area (Å²) in [6.45, 7) is 4.01. The normalized spacial score (nSPS) is 11.3. The SMILES string of the molecule is Cc1ccc(-c2[nH][nH]c(=O)c2C(c2ccccc2Cl)c2c(-c3ccc(C)cc3)[nH][nH]c2=O)cc1. The number of hydrogen-bond acceptors (Lipinski definition) is 2. The molecule has 0 aliphatic heterocycles. The van der Waals surface area contributed by atoms with Crippen LogP contribution in [0.3, 0.4) is 0 Å². The maximum atomic E-state index is 13.3. The second kappa shape index (κ2) is 8.72. The quantitative estimate of drug-likeness (QED) is 0.272. The van der Waals surface area contributed by atoms with Crippen molar-refractivity contribution in [3.63, 3.8) is 0 Å². The van der Waals surface area contributed by atoms with Gasteiger partial charge in [0, 0.05) is 5.02 Å². The highest BCUT2D eigenvalue weighted by molar-refractivity contribution is 6.31. The first kappa shape index (κ1) is 21.8. The Balaban J connectivity index is 1.82. The summed E-state index contributed by atoms with van der Waals surface area (Å²) in [5.41, 5.74) is 6.01. The van der Waals surface area contributed by atoms with Crippen LogP contribution in [0.25, 0.3) is 22.5 Å². The standard InChI is InChI=1S/C27H23ClN4O2/c1-15-7-11-17(12-8-15)24-22(26(33)31-29-24)21(19-5-3-4-6-20(19)28)23-25(30-32-27(23)34)18-13-9-16(2)10-14-18/h3-14,21H,1-2H3,(H2,29,31,33)(H2,30,32,34). The van der Waals surface area contributed by atoms with E-state index in [1.54, 1.807) is 6.07 Å². The second-order valence-corrected chi connectivity index (χ2v) is 8.83. The molecular weight excluding hydrogens is 448 g/mol. The van der Waals surface area contributed by atoms with Crippen molar-refractivity contribution in [2.24, 2.45) is 0 Å². The fourth-order valence-corrected chi connectivity index (χ4v) is 4.59. The van der Waals surface area contributed by atoms with Gasteiger partial charge in [-0.3, -0.25) is 30.0 Å². The van der Waals surface area contributed by atoms with Crippen LogP contribution in [0.4, 0.5) is 0 Å². The van der Waals surface area contributed by atoms with Gasteiger partial charge in [-0.15, -0.1) is 0 Å². The van der Waals surface area contributed by atoms with Gasteiger partial charge in [-0.1, -0.05) is 89.5 Å². The highest BCUT2D eigenvalue weighted by Gasteiger charge is 2.32. The molecule has 6 nitrogen and oxygen atoms in total. The highest BCUT2D eigenvalue weighted by Crippen LogP contribution is 2.40. The van der Waals surface area contributed by atoms with Crippen molar-refractivity contribution in [2.75, 3.05) is 0 Å². The molecule has 0 amide bonds. The zero-order chi connectivity index (χ0) is 23.8. The predicted octanol–water partition coefficient (Wildman–Crippen LogP) is 5.50. The molecule has 170 valence electrons. The van der Waals surface area contributed by atoms with Crippen molar-refractivity contribution in [1.29, 1.82) is 0 Å². The van der Waals surface area contributed by atoms with Gasteiger partial charge in [-0.25, -0.2) is 0 Å². The summed E-state index contributed by atoms with van der Waals surface area (Å²) in [6, 6.07) is 23.0. The summed E-state index contributed by atoms with van der Waals surface area (Å²) < 4.78 is 0. The van der Waals surface area contributed by atoms with Gasteiger partial charge in [0.05, 0.1) is 28.4 Å². The lowest BCUT2D eigenvalue weighted by Crippen LogP contribution is -2.20. The molecule has 5 rings (SSSR count). The van der Waals surface area contributed by atoms with Gasteiger partial charge in [0.15, 0.2) is 0 Å². The van der Waals surface area contributed by atoms with Gasteiger partial charge in [-0.05, 0) is 36.6 Å². The van der Waals surface area contributed by atoms with E-state index in [0.717, 1.165) is 22.3 Å². The molecule has 0 fully saturated rings. The van der Waals surface area contributed by atoms with Gasteiger partial charge in [0.1, 0.15) is 0 Å². The molecule has 0 atom stereocenters. The Hall–Kier alpha value is -4.03. The van der Waals surface area contributed by atoms with Crippen molar-refractivity contribution in [2.45, 2.75) is 19.8 Å². The smallest absolute Gasteiger partial charge is 0.268 e. The maximum absolute atomic E-state index is 13.3. The molecule has 0 saturated carbocycles. The van der Waals surface area contributed by atoms with E-state index in [9.17, 15) is 9.59 Å². The van der Waals surface area contributed by atoms with Crippen LogP contribution in [-0.2, 0) is 0 Å². The number of aromatic amines is 4. The molecule has 2 aromatic heterocycles.